The van der Waals surface area contributed by atoms with Crippen LogP contribution in [0.4, 0.5) is 5.69 Å². The van der Waals surface area contributed by atoms with Gasteiger partial charge < -0.3 is 10.3 Å². The number of H-pyrrole nitrogens is 1. The van der Waals surface area contributed by atoms with Crippen LogP contribution in [-0.4, -0.2) is 31.8 Å². The molecule has 5 aromatic rings. The van der Waals surface area contributed by atoms with Crippen molar-refractivity contribution < 1.29 is 4.79 Å². The zero-order chi connectivity index (χ0) is 20.7. The summed E-state index contributed by atoms with van der Waals surface area (Å²) in [6.07, 6.45) is 0. The van der Waals surface area contributed by atoms with E-state index in [1.807, 2.05) is 42.5 Å². The van der Waals surface area contributed by atoms with E-state index < -0.39 is 0 Å². The number of carbonyl (C=O) groups is 1. The lowest BCUT2D eigenvalue weighted by Gasteiger charge is -2.08. The highest BCUT2D eigenvalue weighted by molar-refractivity contribution is 7.99. The number of aromatic amines is 1. The molecule has 0 atom stereocenters. The SMILES string of the molecule is Cc1cc(C)c2[nH]c3nc(SCC(=O)Nc4cccc5ccccc45)nnc3c2c1. The van der Waals surface area contributed by atoms with Crippen LogP contribution in [0.25, 0.3) is 32.8 Å². The third kappa shape index (κ3) is 3.37. The predicted octanol–water partition coefficient (Wildman–Crippen LogP) is 5.01. The zero-order valence-corrected chi connectivity index (χ0v) is 17.4. The second kappa shape index (κ2) is 7.42. The van der Waals surface area contributed by atoms with Crippen molar-refractivity contribution in [2.45, 2.75) is 19.0 Å². The largest absolute Gasteiger partial charge is 0.337 e. The number of nitrogens with zero attached hydrogens (tertiary/aromatic N) is 3. The standard InChI is InChI=1S/C23H19N5OS/c1-13-10-14(2)20-17(11-13)21-22(25-20)26-23(28-27-21)30-12-19(29)24-18-9-5-7-15-6-3-4-8-16(15)18/h3-11H,12H2,1-2H3,(H,24,29)(H,25,26,28). The van der Waals surface area contributed by atoms with E-state index in [1.54, 1.807) is 0 Å². The van der Waals surface area contributed by atoms with E-state index >= 15 is 0 Å². The van der Waals surface area contributed by atoms with Crippen LogP contribution in [0.3, 0.4) is 0 Å². The number of benzene rings is 3. The van der Waals surface area contributed by atoms with Crippen LogP contribution in [0.5, 0.6) is 0 Å². The normalized spacial score (nSPS) is 11.4. The maximum atomic E-state index is 12.5. The van der Waals surface area contributed by atoms with Crippen LogP contribution in [0.15, 0.2) is 59.8 Å². The first-order chi connectivity index (χ1) is 14.6. The van der Waals surface area contributed by atoms with Gasteiger partial charge in [0.15, 0.2) is 5.65 Å². The highest BCUT2D eigenvalue weighted by Crippen LogP contribution is 2.27. The molecule has 7 heteroatoms. The Morgan fingerprint density at radius 3 is 2.77 bits per heavy atom. The third-order valence-electron chi connectivity index (χ3n) is 5.04. The molecule has 0 unspecified atom stereocenters. The first-order valence-corrected chi connectivity index (χ1v) is 10.6. The number of amides is 1. The highest BCUT2D eigenvalue weighted by atomic mass is 32.2. The Morgan fingerprint density at radius 1 is 1.03 bits per heavy atom. The number of fused-ring (bicyclic) bond motifs is 4. The van der Waals surface area contributed by atoms with Gasteiger partial charge in [-0.15, -0.1) is 10.2 Å². The fourth-order valence-electron chi connectivity index (χ4n) is 3.73. The van der Waals surface area contributed by atoms with E-state index in [0.717, 1.165) is 38.4 Å². The van der Waals surface area contributed by atoms with Crippen molar-refractivity contribution in [1.82, 2.24) is 20.2 Å². The number of anilines is 1. The summed E-state index contributed by atoms with van der Waals surface area (Å²) in [4.78, 5) is 20.4. The van der Waals surface area contributed by atoms with Crippen LogP contribution in [0.1, 0.15) is 11.1 Å². The number of thioether (sulfide) groups is 1. The summed E-state index contributed by atoms with van der Waals surface area (Å²) in [5.74, 6) is 0.0950. The monoisotopic (exact) mass is 413 g/mol. The number of hydrogen-bond donors (Lipinski definition) is 2. The summed E-state index contributed by atoms with van der Waals surface area (Å²) in [7, 11) is 0. The summed E-state index contributed by atoms with van der Waals surface area (Å²) >= 11 is 1.27. The van der Waals surface area contributed by atoms with Crippen LogP contribution in [-0.2, 0) is 4.79 Å². The van der Waals surface area contributed by atoms with Gasteiger partial charge in [0.25, 0.3) is 0 Å². The lowest BCUT2D eigenvalue weighted by Crippen LogP contribution is -2.14. The van der Waals surface area contributed by atoms with Crippen LogP contribution in [0.2, 0.25) is 0 Å². The molecule has 0 saturated heterocycles. The quantitative estimate of drug-likeness (QED) is 0.405. The van der Waals surface area contributed by atoms with Gasteiger partial charge in [0.2, 0.25) is 11.1 Å². The minimum absolute atomic E-state index is 0.108. The van der Waals surface area contributed by atoms with E-state index in [2.05, 4.69) is 51.5 Å². The van der Waals surface area contributed by atoms with E-state index in [1.165, 1.54) is 17.3 Å². The average molecular weight is 414 g/mol. The summed E-state index contributed by atoms with van der Waals surface area (Å²) in [6, 6.07) is 18.0. The highest BCUT2D eigenvalue weighted by Gasteiger charge is 2.13. The molecule has 0 radical (unpaired) electrons. The number of carbonyl (C=O) groups excluding carboxylic acids is 1. The van der Waals surface area contributed by atoms with E-state index in [-0.39, 0.29) is 11.7 Å². The Kier molecular flexibility index (Phi) is 4.59. The molecule has 5 rings (SSSR count). The molecule has 2 aromatic heterocycles. The van der Waals surface area contributed by atoms with Gasteiger partial charge in [-0.05, 0) is 36.9 Å². The molecule has 2 heterocycles. The molecule has 3 aromatic carbocycles. The van der Waals surface area contributed by atoms with Crippen molar-refractivity contribution >= 4 is 56.2 Å². The van der Waals surface area contributed by atoms with Gasteiger partial charge in [0.05, 0.1) is 11.3 Å². The zero-order valence-electron chi connectivity index (χ0n) is 16.6. The van der Waals surface area contributed by atoms with Gasteiger partial charge in [-0.2, -0.15) is 0 Å². The van der Waals surface area contributed by atoms with E-state index in [4.69, 9.17) is 0 Å². The molecule has 0 aliphatic heterocycles. The molecule has 6 nitrogen and oxygen atoms in total. The summed E-state index contributed by atoms with van der Waals surface area (Å²) in [5.41, 5.74) is 5.58. The maximum absolute atomic E-state index is 12.5. The Labute approximate surface area is 177 Å². The molecule has 0 aliphatic carbocycles. The Bertz CT molecular complexity index is 1420. The van der Waals surface area contributed by atoms with Crippen molar-refractivity contribution in [3.8, 4) is 0 Å². The fourth-order valence-corrected chi connectivity index (χ4v) is 4.32. The summed E-state index contributed by atoms with van der Waals surface area (Å²) < 4.78 is 0. The van der Waals surface area contributed by atoms with Gasteiger partial charge in [-0.3, -0.25) is 4.79 Å². The van der Waals surface area contributed by atoms with Crippen molar-refractivity contribution in [3.63, 3.8) is 0 Å². The molecule has 148 valence electrons. The van der Waals surface area contributed by atoms with Crippen LogP contribution in [0, 0.1) is 13.8 Å². The number of rotatable bonds is 4. The smallest absolute Gasteiger partial charge is 0.234 e. The molecule has 0 aliphatic rings. The van der Waals surface area contributed by atoms with E-state index in [0.29, 0.717) is 10.8 Å². The number of nitrogens with one attached hydrogen (secondary N) is 2. The van der Waals surface area contributed by atoms with Crippen LogP contribution >= 0.6 is 11.8 Å². The minimum atomic E-state index is -0.108. The Hall–Kier alpha value is -3.45. The van der Waals surface area contributed by atoms with Crippen LogP contribution < -0.4 is 5.32 Å². The van der Waals surface area contributed by atoms with Crippen molar-refractivity contribution in [1.29, 1.82) is 0 Å². The molecule has 0 fully saturated rings. The molecule has 30 heavy (non-hydrogen) atoms. The molecule has 0 spiro atoms. The maximum Gasteiger partial charge on any atom is 0.234 e. The van der Waals surface area contributed by atoms with Gasteiger partial charge in [-0.1, -0.05) is 59.8 Å². The molecule has 1 amide bonds. The molecule has 2 N–H and O–H groups in total. The number of hydrogen-bond acceptors (Lipinski definition) is 5. The van der Waals surface area contributed by atoms with Crippen molar-refractivity contribution in [2.75, 3.05) is 11.1 Å². The first-order valence-electron chi connectivity index (χ1n) is 9.62. The Balaban J connectivity index is 1.35. The second-order valence-electron chi connectivity index (χ2n) is 7.28. The third-order valence-corrected chi connectivity index (χ3v) is 5.88. The number of aromatic nitrogens is 4. The predicted molar refractivity (Wildman–Crippen MR) is 122 cm³/mol. The Morgan fingerprint density at radius 2 is 1.87 bits per heavy atom. The van der Waals surface area contributed by atoms with Crippen molar-refractivity contribution in [2.24, 2.45) is 0 Å². The minimum Gasteiger partial charge on any atom is -0.337 e. The fraction of sp³-hybridized carbons (Fsp3) is 0.130. The number of aryl methyl sites for hydroxylation is 2. The molecule has 0 saturated carbocycles. The molecule has 0 bridgehead atoms. The van der Waals surface area contributed by atoms with E-state index in [9.17, 15) is 4.79 Å². The van der Waals surface area contributed by atoms with Crippen molar-refractivity contribution in [3.05, 3.63) is 65.7 Å². The van der Waals surface area contributed by atoms with Gasteiger partial charge in [-0.25, -0.2) is 4.98 Å². The molecular formula is C23H19N5OS. The second-order valence-corrected chi connectivity index (χ2v) is 8.23. The lowest BCUT2D eigenvalue weighted by atomic mass is 10.1. The van der Waals surface area contributed by atoms with Gasteiger partial charge >= 0.3 is 0 Å². The van der Waals surface area contributed by atoms with Gasteiger partial charge in [0, 0.05) is 16.5 Å². The topological polar surface area (TPSA) is 83.6 Å². The summed E-state index contributed by atoms with van der Waals surface area (Å²) in [6.45, 7) is 4.12. The van der Waals surface area contributed by atoms with Gasteiger partial charge in [0.1, 0.15) is 5.52 Å². The first kappa shape index (κ1) is 18.6. The summed E-state index contributed by atoms with van der Waals surface area (Å²) in [5, 5.41) is 15.2. The lowest BCUT2D eigenvalue weighted by molar-refractivity contribution is -0.113. The molecular weight excluding hydrogens is 394 g/mol. The average Bonchev–Trinajstić information content (AvgIpc) is 3.11.